The fourth-order valence-electron chi connectivity index (χ4n) is 2.60. The van der Waals surface area contributed by atoms with Gasteiger partial charge in [0.15, 0.2) is 0 Å². The van der Waals surface area contributed by atoms with Gasteiger partial charge in [-0.05, 0) is 35.9 Å². The van der Waals surface area contributed by atoms with Crippen molar-refractivity contribution in [3.8, 4) is 0 Å². The van der Waals surface area contributed by atoms with Crippen LogP contribution in [-0.4, -0.2) is 34.4 Å². The highest BCUT2D eigenvalue weighted by Crippen LogP contribution is 2.43. The molecule has 1 aliphatic rings. The van der Waals surface area contributed by atoms with E-state index >= 15 is 0 Å². The molecular weight excluding hydrogens is 304 g/mol. The lowest BCUT2D eigenvalue weighted by Gasteiger charge is -2.39. The van der Waals surface area contributed by atoms with Gasteiger partial charge in [0.25, 0.3) is 0 Å². The van der Waals surface area contributed by atoms with E-state index in [1.807, 2.05) is 6.92 Å². The van der Waals surface area contributed by atoms with E-state index in [9.17, 15) is 4.79 Å². The summed E-state index contributed by atoms with van der Waals surface area (Å²) >= 11 is 0. The first-order valence-electron chi connectivity index (χ1n) is 8.39. The number of esters is 1. The van der Waals surface area contributed by atoms with E-state index in [1.54, 1.807) is 18.4 Å². The summed E-state index contributed by atoms with van der Waals surface area (Å²) in [5.74, 6) is -0.258. The normalized spacial score (nSPS) is 18.3. The zero-order valence-corrected chi connectivity index (χ0v) is 16.8. The number of carbonyl (C=O) groups is 1. The zero-order chi connectivity index (χ0) is 17.7. The van der Waals surface area contributed by atoms with E-state index in [-0.39, 0.29) is 5.97 Å². The number of methoxy groups -OCH3 is 1. The van der Waals surface area contributed by atoms with Crippen LogP contribution in [0.4, 0.5) is 0 Å². The highest BCUT2D eigenvalue weighted by atomic mass is 28.3. The monoisotopic (exact) mass is 336 g/mol. The highest BCUT2D eigenvalue weighted by molar-refractivity contribution is 6.86. The molecule has 0 aromatic heterocycles. The molecule has 0 spiro atoms. The zero-order valence-electron chi connectivity index (χ0n) is 15.8. The van der Waals surface area contributed by atoms with Crippen molar-refractivity contribution in [2.45, 2.75) is 58.7 Å². The Morgan fingerprint density at radius 3 is 2.43 bits per heavy atom. The number of ether oxygens (including phenoxy) is 2. The van der Waals surface area contributed by atoms with Crippen molar-refractivity contribution < 1.29 is 14.3 Å². The molecule has 0 N–H and O–H groups in total. The van der Waals surface area contributed by atoms with Gasteiger partial charge in [-0.2, -0.15) is 0 Å². The van der Waals surface area contributed by atoms with Gasteiger partial charge in [-0.3, -0.25) is 0 Å². The van der Waals surface area contributed by atoms with Crippen molar-refractivity contribution in [2.75, 3.05) is 20.3 Å². The first-order chi connectivity index (χ1) is 10.6. The van der Waals surface area contributed by atoms with Gasteiger partial charge in [0, 0.05) is 13.2 Å². The molecule has 130 valence electrons. The second-order valence-electron chi connectivity index (χ2n) is 7.67. The molecule has 4 heteroatoms. The quantitative estimate of drug-likeness (QED) is 0.410. The minimum Gasteiger partial charge on any atom is -0.463 e. The van der Waals surface area contributed by atoms with Crippen LogP contribution in [0.2, 0.25) is 18.1 Å². The molecule has 0 atom stereocenters. The molecule has 0 aliphatic heterocycles. The van der Waals surface area contributed by atoms with Crippen LogP contribution < -0.4 is 0 Å². The molecule has 1 aliphatic carbocycles. The summed E-state index contributed by atoms with van der Waals surface area (Å²) in [5.41, 5.74) is 2.17. The summed E-state index contributed by atoms with van der Waals surface area (Å²) in [6, 6.07) is 0. The number of rotatable bonds is 5. The fourth-order valence-corrected chi connectivity index (χ4v) is 4.86. The molecule has 3 nitrogen and oxygen atoms in total. The summed E-state index contributed by atoms with van der Waals surface area (Å²) in [5, 5.41) is 1.84. The molecule has 0 radical (unpaired) electrons. The number of carbonyl (C=O) groups excluding carboxylic acids is 1. The SMILES string of the molecule is CCOC(=O)/C=C1\C=C(COC)C=C([Si](C)(C)C(C)(C)C)CC1. The highest BCUT2D eigenvalue weighted by Gasteiger charge is 2.38. The lowest BCUT2D eigenvalue weighted by molar-refractivity contribution is -0.137. The third-order valence-electron chi connectivity index (χ3n) is 4.99. The van der Waals surface area contributed by atoms with Gasteiger partial charge in [-0.25, -0.2) is 4.79 Å². The Bertz CT molecular complexity index is 519. The maximum absolute atomic E-state index is 11.8. The van der Waals surface area contributed by atoms with Gasteiger partial charge in [0.2, 0.25) is 0 Å². The summed E-state index contributed by atoms with van der Waals surface area (Å²) in [6.07, 6.45) is 7.91. The van der Waals surface area contributed by atoms with E-state index in [2.05, 4.69) is 46.0 Å². The first-order valence-corrected chi connectivity index (χ1v) is 11.4. The molecular formula is C19H32O3Si. The van der Waals surface area contributed by atoms with E-state index < -0.39 is 8.07 Å². The minimum atomic E-state index is -1.57. The Balaban J connectivity index is 3.12. The number of hydrogen-bond donors (Lipinski definition) is 0. The summed E-state index contributed by atoms with van der Waals surface area (Å²) in [7, 11) is 0.138. The van der Waals surface area contributed by atoms with Crippen LogP contribution in [0.3, 0.4) is 0 Å². The molecule has 0 saturated heterocycles. The van der Waals surface area contributed by atoms with Crippen LogP contribution >= 0.6 is 0 Å². The number of allylic oxidation sites excluding steroid dienone is 3. The molecule has 0 amide bonds. The van der Waals surface area contributed by atoms with Crippen LogP contribution in [0.15, 0.2) is 34.6 Å². The Labute approximate surface area is 142 Å². The van der Waals surface area contributed by atoms with E-state index in [0.29, 0.717) is 18.3 Å². The largest absolute Gasteiger partial charge is 0.463 e. The molecule has 0 aromatic rings. The molecule has 1 rings (SSSR count). The third kappa shape index (κ3) is 5.46. The summed E-state index contributed by atoms with van der Waals surface area (Å²) in [6.45, 7) is 14.7. The maximum Gasteiger partial charge on any atom is 0.331 e. The Hall–Kier alpha value is -1.13. The van der Waals surface area contributed by atoms with Crippen LogP contribution in [0, 0.1) is 0 Å². The number of hydrogen-bond acceptors (Lipinski definition) is 3. The molecule has 0 aromatic carbocycles. The van der Waals surface area contributed by atoms with Gasteiger partial charge < -0.3 is 9.47 Å². The lowest BCUT2D eigenvalue weighted by Crippen LogP contribution is -2.39. The lowest BCUT2D eigenvalue weighted by atomic mass is 10.1. The topological polar surface area (TPSA) is 35.5 Å². The predicted molar refractivity (Wildman–Crippen MR) is 99.2 cm³/mol. The molecule has 0 unspecified atom stereocenters. The van der Waals surface area contributed by atoms with Crippen molar-refractivity contribution in [2.24, 2.45) is 0 Å². The van der Waals surface area contributed by atoms with Crippen molar-refractivity contribution in [1.82, 2.24) is 0 Å². The Morgan fingerprint density at radius 1 is 1.26 bits per heavy atom. The van der Waals surface area contributed by atoms with E-state index in [1.165, 1.54) is 0 Å². The fraction of sp³-hybridized carbons (Fsp3) is 0.632. The van der Waals surface area contributed by atoms with Crippen molar-refractivity contribution in [3.05, 3.63) is 34.6 Å². The molecule has 23 heavy (non-hydrogen) atoms. The van der Waals surface area contributed by atoms with Gasteiger partial charge in [0.05, 0.1) is 21.3 Å². The summed E-state index contributed by atoms with van der Waals surface area (Å²) in [4.78, 5) is 11.8. The van der Waals surface area contributed by atoms with Gasteiger partial charge in [-0.1, -0.05) is 51.2 Å². The molecule has 0 fully saturated rings. The second kappa shape index (κ2) is 8.11. The van der Waals surface area contributed by atoms with E-state index in [0.717, 1.165) is 24.0 Å². The Kier molecular flexibility index (Phi) is 7.02. The van der Waals surface area contributed by atoms with Gasteiger partial charge >= 0.3 is 5.97 Å². The maximum atomic E-state index is 11.8. The Morgan fingerprint density at radius 2 is 1.91 bits per heavy atom. The van der Waals surface area contributed by atoms with Gasteiger partial charge in [-0.15, -0.1) is 0 Å². The first kappa shape index (κ1) is 19.9. The second-order valence-corrected chi connectivity index (χ2v) is 13.1. The smallest absolute Gasteiger partial charge is 0.331 e. The van der Waals surface area contributed by atoms with E-state index in [4.69, 9.17) is 9.47 Å². The van der Waals surface area contributed by atoms with Crippen LogP contribution in [0.1, 0.15) is 40.5 Å². The van der Waals surface area contributed by atoms with Gasteiger partial charge in [0.1, 0.15) is 0 Å². The molecule has 0 bridgehead atoms. The van der Waals surface area contributed by atoms with Crippen LogP contribution in [0.5, 0.6) is 0 Å². The van der Waals surface area contributed by atoms with Crippen molar-refractivity contribution in [1.29, 1.82) is 0 Å². The predicted octanol–water partition coefficient (Wildman–Crippen LogP) is 4.82. The average molecular weight is 337 g/mol. The van der Waals surface area contributed by atoms with Crippen LogP contribution in [0.25, 0.3) is 0 Å². The van der Waals surface area contributed by atoms with Crippen molar-refractivity contribution >= 4 is 14.0 Å². The standard InChI is InChI=1S/C19H32O3Si/c1-8-22-18(20)13-15-9-10-17(12-16(11-15)14-21-5)23(6,7)19(2,3)4/h11-13H,8-10,14H2,1-7H3/b15-13-. The molecule has 0 saturated carbocycles. The van der Waals surface area contributed by atoms with Crippen molar-refractivity contribution in [3.63, 3.8) is 0 Å². The average Bonchev–Trinajstić information content (AvgIpc) is 2.61. The van der Waals surface area contributed by atoms with Crippen LogP contribution in [-0.2, 0) is 14.3 Å². The minimum absolute atomic E-state index is 0.258. The summed E-state index contributed by atoms with van der Waals surface area (Å²) < 4.78 is 10.4. The third-order valence-corrected chi connectivity index (χ3v) is 10.7. The molecule has 0 heterocycles.